The Hall–Kier alpha value is -2.33. The zero-order chi connectivity index (χ0) is 23.2. The van der Waals surface area contributed by atoms with Gasteiger partial charge in [0.2, 0.25) is 0 Å². The molecular weight excluding hydrogens is 419 g/mol. The molecule has 172 valence electrons. The topological polar surface area (TPSA) is 61.0 Å². The molecular formula is C21H27F5N4O. The molecule has 0 atom stereocenters. The van der Waals surface area contributed by atoms with Gasteiger partial charge < -0.3 is 10.2 Å². The highest BCUT2D eigenvalue weighted by molar-refractivity contribution is 5.74. The van der Waals surface area contributed by atoms with Gasteiger partial charge in [-0.15, -0.1) is 0 Å². The van der Waals surface area contributed by atoms with Crippen molar-refractivity contribution in [2.45, 2.75) is 44.8 Å². The van der Waals surface area contributed by atoms with E-state index in [9.17, 15) is 26.7 Å². The van der Waals surface area contributed by atoms with Gasteiger partial charge in [0.25, 0.3) is 0 Å². The predicted molar refractivity (Wildman–Crippen MR) is 107 cm³/mol. The van der Waals surface area contributed by atoms with Crippen LogP contribution in [0, 0.1) is 11.6 Å². The molecule has 0 saturated carbocycles. The zero-order valence-electron chi connectivity index (χ0n) is 17.7. The molecule has 1 aliphatic rings. The minimum atomic E-state index is -4.87. The molecule has 3 rings (SSSR count). The number of carbonyl (C=O) groups excluding carboxylic acids is 1. The van der Waals surface area contributed by atoms with E-state index in [1.54, 1.807) is 0 Å². The molecule has 2 N–H and O–H groups in total. The highest BCUT2D eigenvalue weighted by Crippen LogP contribution is 2.40. The van der Waals surface area contributed by atoms with Gasteiger partial charge in [-0.05, 0) is 64.0 Å². The molecule has 2 heterocycles. The fourth-order valence-corrected chi connectivity index (χ4v) is 3.75. The third-order valence-electron chi connectivity index (χ3n) is 5.37. The van der Waals surface area contributed by atoms with Crippen LogP contribution < -0.4 is 5.32 Å². The molecule has 5 nitrogen and oxygen atoms in total. The van der Waals surface area contributed by atoms with E-state index in [0.29, 0.717) is 31.6 Å². The number of alkyl halides is 3. The maximum Gasteiger partial charge on any atom is 0.419 e. The minimum absolute atomic E-state index is 0.125. The van der Waals surface area contributed by atoms with E-state index < -0.39 is 23.4 Å². The summed E-state index contributed by atoms with van der Waals surface area (Å²) in [5.74, 6) is -3.61. The monoisotopic (exact) mass is 446 g/mol. The van der Waals surface area contributed by atoms with Gasteiger partial charge in [0.1, 0.15) is 5.69 Å². The molecule has 0 spiro atoms. The molecule has 2 aromatic rings. The highest BCUT2D eigenvalue weighted by atomic mass is 19.4. The summed E-state index contributed by atoms with van der Waals surface area (Å²) < 4.78 is 65.2. The lowest BCUT2D eigenvalue weighted by atomic mass is 9.86. The van der Waals surface area contributed by atoms with Crippen molar-refractivity contribution in [3.8, 4) is 0 Å². The van der Waals surface area contributed by atoms with Gasteiger partial charge in [-0.1, -0.05) is 13.0 Å². The summed E-state index contributed by atoms with van der Waals surface area (Å²) in [7, 11) is 3.74. The van der Waals surface area contributed by atoms with Gasteiger partial charge in [-0.25, -0.2) is 8.78 Å². The number of aldehydes is 1. The first kappa shape index (κ1) is 24.9. The first-order chi connectivity index (χ1) is 14.6. The number of H-pyrrole nitrogens is 1. The van der Waals surface area contributed by atoms with E-state index >= 15 is 0 Å². The molecule has 1 aliphatic heterocycles. The molecule has 1 aromatic heterocycles. The fraction of sp³-hybridized carbons (Fsp3) is 0.524. The molecule has 10 heteroatoms. The number of halogens is 5. The molecule has 0 unspecified atom stereocenters. The molecule has 1 fully saturated rings. The van der Waals surface area contributed by atoms with Crippen molar-refractivity contribution in [2.75, 3.05) is 27.2 Å². The number of aromatic nitrogens is 2. The number of hydrogen-bond donors (Lipinski definition) is 2. The first-order valence-electron chi connectivity index (χ1n) is 10.0. The number of aromatic amines is 1. The van der Waals surface area contributed by atoms with E-state index in [0.717, 1.165) is 42.6 Å². The maximum absolute atomic E-state index is 13.5. The van der Waals surface area contributed by atoms with Crippen LogP contribution in [0.4, 0.5) is 22.0 Å². The summed E-state index contributed by atoms with van der Waals surface area (Å²) in [6, 6.07) is 1.84. The summed E-state index contributed by atoms with van der Waals surface area (Å²) in [6.45, 7) is 4.04. The normalized spacial score (nSPS) is 15.5. The van der Waals surface area contributed by atoms with Crippen molar-refractivity contribution in [1.29, 1.82) is 0 Å². The molecule has 0 bridgehead atoms. The Morgan fingerprint density at radius 1 is 1.26 bits per heavy atom. The lowest BCUT2D eigenvalue weighted by Gasteiger charge is -2.30. The van der Waals surface area contributed by atoms with E-state index in [1.807, 2.05) is 25.9 Å². The molecule has 0 aliphatic carbocycles. The van der Waals surface area contributed by atoms with Crippen LogP contribution in [0.1, 0.15) is 58.6 Å². The second-order valence-corrected chi connectivity index (χ2v) is 7.47. The molecule has 31 heavy (non-hydrogen) atoms. The first-order valence-corrected chi connectivity index (χ1v) is 10.0. The molecule has 1 aromatic carbocycles. The minimum Gasteiger partial charge on any atom is -0.314 e. The van der Waals surface area contributed by atoms with Gasteiger partial charge in [0.05, 0.1) is 11.3 Å². The van der Waals surface area contributed by atoms with Crippen LogP contribution in [0.25, 0.3) is 0 Å². The van der Waals surface area contributed by atoms with Crippen molar-refractivity contribution in [1.82, 2.24) is 20.4 Å². The third kappa shape index (κ3) is 6.10. The van der Waals surface area contributed by atoms with Crippen LogP contribution in [0.15, 0.2) is 12.1 Å². The Morgan fingerprint density at radius 3 is 2.42 bits per heavy atom. The number of nitrogens with one attached hydrogen (secondary N) is 2. The van der Waals surface area contributed by atoms with Crippen molar-refractivity contribution in [3.05, 3.63) is 51.8 Å². The van der Waals surface area contributed by atoms with Crippen LogP contribution in [-0.4, -0.2) is 48.6 Å². The number of piperidine rings is 1. The van der Waals surface area contributed by atoms with Gasteiger partial charge >= 0.3 is 6.18 Å². The number of benzene rings is 1. The van der Waals surface area contributed by atoms with Crippen LogP contribution in [-0.2, 0) is 19.1 Å². The van der Waals surface area contributed by atoms with E-state index in [1.165, 1.54) is 0 Å². The fourth-order valence-electron chi connectivity index (χ4n) is 3.75. The Kier molecular flexibility index (Phi) is 8.69. The van der Waals surface area contributed by atoms with Gasteiger partial charge in [0, 0.05) is 12.1 Å². The number of nitrogens with zero attached hydrogens (tertiary/aromatic N) is 2. The summed E-state index contributed by atoms with van der Waals surface area (Å²) in [4.78, 5) is 12.5. The Morgan fingerprint density at radius 2 is 1.90 bits per heavy atom. The zero-order valence-corrected chi connectivity index (χ0v) is 17.7. The highest BCUT2D eigenvalue weighted by Gasteiger charge is 2.40. The summed E-state index contributed by atoms with van der Waals surface area (Å²) in [5.41, 5.74) is 0.978. The standard InChI is InChI=1S/C13H14F5N.C8H13N3O/c1-19-6-4-8(5-7-19)9-2-3-10(14)12(15)11(9)13(16,17)18;1-3-6-7(4-9-2)10-11-8(6)5-12/h2-3,8H,4-7H2,1H3;5,9H,3-4H2,1-2H3,(H,10,11). The maximum atomic E-state index is 13.5. The third-order valence-corrected chi connectivity index (χ3v) is 5.37. The van der Waals surface area contributed by atoms with Gasteiger partial charge in [0.15, 0.2) is 17.9 Å². The molecule has 0 amide bonds. The van der Waals surface area contributed by atoms with Crippen LogP contribution in [0.3, 0.4) is 0 Å². The lowest BCUT2D eigenvalue weighted by molar-refractivity contribution is -0.141. The molecule has 0 radical (unpaired) electrons. The second kappa shape index (κ2) is 10.8. The van der Waals surface area contributed by atoms with Crippen molar-refractivity contribution in [2.24, 2.45) is 0 Å². The predicted octanol–water partition coefficient (Wildman–Crippen LogP) is 4.30. The van der Waals surface area contributed by atoms with Crippen LogP contribution in [0.5, 0.6) is 0 Å². The summed E-state index contributed by atoms with van der Waals surface area (Å²) in [6.07, 6.45) is -2.21. The van der Waals surface area contributed by atoms with Crippen LogP contribution in [0.2, 0.25) is 0 Å². The van der Waals surface area contributed by atoms with E-state index in [-0.39, 0.29) is 11.5 Å². The van der Waals surface area contributed by atoms with Crippen molar-refractivity contribution < 1.29 is 26.7 Å². The van der Waals surface area contributed by atoms with E-state index in [2.05, 4.69) is 15.5 Å². The van der Waals surface area contributed by atoms with E-state index in [4.69, 9.17) is 0 Å². The van der Waals surface area contributed by atoms with Gasteiger partial charge in [-0.3, -0.25) is 9.89 Å². The van der Waals surface area contributed by atoms with Crippen LogP contribution >= 0.6 is 0 Å². The summed E-state index contributed by atoms with van der Waals surface area (Å²) in [5, 5.41) is 9.73. The number of likely N-dealkylation sites (tertiary alicyclic amines) is 1. The molecule has 1 saturated heterocycles. The SMILES string of the molecule is CCc1c(C=O)n[nH]c1CNC.CN1CCC(c2ccc(F)c(F)c2C(F)(F)F)CC1. The van der Waals surface area contributed by atoms with Crippen molar-refractivity contribution >= 4 is 6.29 Å². The van der Waals surface area contributed by atoms with Crippen molar-refractivity contribution in [3.63, 3.8) is 0 Å². The largest absolute Gasteiger partial charge is 0.419 e. The number of rotatable bonds is 5. The second-order valence-electron chi connectivity index (χ2n) is 7.47. The Labute approximate surface area is 178 Å². The summed E-state index contributed by atoms with van der Waals surface area (Å²) >= 11 is 0. The average molecular weight is 446 g/mol. The Balaban J connectivity index is 0.000000245. The Bertz CT molecular complexity index is 873. The average Bonchev–Trinajstić information content (AvgIpc) is 3.12. The smallest absolute Gasteiger partial charge is 0.314 e. The number of carbonyl (C=O) groups is 1. The quantitative estimate of drug-likeness (QED) is 0.531. The lowest BCUT2D eigenvalue weighted by Crippen LogP contribution is -2.30. The number of hydrogen-bond acceptors (Lipinski definition) is 4. The van der Waals surface area contributed by atoms with Gasteiger partial charge in [-0.2, -0.15) is 18.3 Å².